The largest absolute Gasteiger partial charge is 0.378 e. The molecule has 152 valence electrons. The summed E-state index contributed by atoms with van der Waals surface area (Å²) in [5.74, 6) is 0.102. The maximum atomic E-state index is 12.5. The van der Waals surface area contributed by atoms with Gasteiger partial charge >= 0.3 is 0 Å². The Morgan fingerprint density at radius 1 is 1.21 bits per heavy atom. The van der Waals surface area contributed by atoms with Crippen LogP contribution in [0.25, 0.3) is 0 Å². The van der Waals surface area contributed by atoms with Crippen molar-refractivity contribution in [1.29, 1.82) is 0 Å². The predicted molar refractivity (Wildman–Crippen MR) is 105 cm³/mol. The number of benzene rings is 1. The van der Waals surface area contributed by atoms with Gasteiger partial charge in [0.2, 0.25) is 5.91 Å². The first-order valence-electron chi connectivity index (χ1n) is 10.1. The van der Waals surface area contributed by atoms with Gasteiger partial charge in [0, 0.05) is 31.0 Å². The normalized spacial score (nSPS) is 19.8. The van der Waals surface area contributed by atoms with E-state index in [0.29, 0.717) is 44.3 Å². The number of likely N-dealkylation sites (tertiary alicyclic amines) is 1. The van der Waals surface area contributed by atoms with Crippen LogP contribution in [0.4, 0.5) is 0 Å². The molecule has 28 heavy (non-hydrogen) atoms. The third-order valence-electron chi connectivity index (χ3n) is 5.41. The SMILES string of the molecule is CCC(=O)CNC(=O)c1cccc(C2CCCN(C(=O)CNC3COC3)C2)c1. The molecule has 0 saturated carbocycles. The van der Waals surface area contributed by atoms with Gasteiger partial charge in [0.05, 0.1) is 32.3 Å². The summed E-state index contributed by atoms with van der Waals surface area (Å²) in [5.41, 5.74) is 1.61. The van der Waals surface area contributed by atoms with Gasteiger partial charge in [0.25, 0.3) is 5.91 Å². The average molecular weight is 387 g/mol. The number of rotatable bonds is 8. The van der Waals surface area contributed by atoms with Crippen molar-refractivity contribution in [2.45, 2.75) is 38.1 Å². The molecule has 2 amide bonds. The molecule has 3 rings (SSSR count). The third kappa shape index (κ3) is 5.39. The van der Waals surface area contributed by atoms with Crippen molar-refractivity contribution in [2.24, 2.45) is 0 Å². The molecule has 0 spiro atoms. The first-order valence-corrected chi connectivity index (χ1v) is 10.1. The summed E-state index contributed by atoms with van der Waals surface area (Å²) in [6, 6.07) is 7.81. The van der Waals surface area contributed by atoms with Crippen LogP contribution in [0.2, 0.25) is 0 Å². The minimum Gasteiger partial charge on any atom is -0.378 e. The number of hydrogen-bond donors (Lipinski definition) is 2. The zero-order valence-electron chi connectivity index (χ0n) is 16.4. The van der Waals surface area contributed by atoms with Crippen molar-refractivity contribution in [3.8, 4) is 0 Å². The Balaban J connectivity index is 1.57. The molecule has 0 aliphatic carbocycles. The van der Waals surface area contributed by atoms with E-state index in [9.17, 15) is 14.4 Å². The maximum Gasteiger partial charge on any atom is 0.251 e. The van der Waals surface area contributed by atoms with Crippen molar-refractivity contribution in [3.63, 3.8) is 0 Å². The lowest BCUT2D eigenvalue weighted by Gasteiger charge is -2.34. The number of piperidine rings is 1. The number of carbonyl (C=O) groups excluding carboxylic acids is 3. The fraction of sp³-hybridized carbons (Fsp3) is 0.571. The van der Waals surface area contributed by atoms with Crippen LogP contribution in [0.1, 0.15) is 48.0 Å². The molecule has 1 unspecified atom stereocenters. The molecule has 7 heteroatoms. The van der Waals surface area contributed by atoms with Gasteiger partial charge in [-0.05, 0) is 30.5 Å². The molecule has 7 nitrogen and oxygen atoms in total. The van der Waals surface area contributed by atoms with Crippen molar-refractivity contribution >= 4 is 17.6 Å². The molecule has 0 bridgehead atoms. The van der Waals surface area contributed by atoms with E-state index in [-0.39, 0.29) is 30.1 Å². The number of nitrogens with one attached hydrogen (secondary N) is 2. The highest BCUT2D eigenvalue weighted by molar-refractivity contribution is 5.96. The van der Waals surface area contributed by atoms with E-state index >= 15 is 0 Å². The Hall–Kier alpha value is -2.25. The summed E-state index contributed by atoms with van der Waals surface area (Å²) in [6.07, 6.45) is 2.35. The lowest BCUT2D eigenvalue weighted by atomic mass is 9.89. The maximum absolute atomic E-state index is 12.5. The van der Waals surface area contributed by atoms with Crippen LogP contribution in [-0.2, 0) is 14.3 Å². The van der Waals surface area contributed by atoms with Crippen LogP contribution in [-0.4, -0.2) is 67.9 Å². The van der Waals surface area contributed by atoms with Crippen LogP contribution < -0.4 is 10.6 Å². The highest BCUT2D eigenvalue weighted by Gasteiger charge is 2.26. The number of hydrogen-bond acceptors (Lipinski definition) is 5. The molecule has 0 radical (unpaired) electrons. The average Bonchev–Trinajstić information content (AvgIpc) is 2.70. The lowest BCUT2D eigenvalue weighted by Crippen LogP contribution is -2.51. The van der Waals surface area contributed by atoms with Crippen LogP contribution in [0.3, 0.4) is 0 Å². The summed E-state index contributed by atoms with van der Waals surface area (Å²) < 4.78 is 5.12. The second kappa shape index (κ2) is 9.80. The summed E-state index contributed by atoms with van der Waals surface area (Å²) >= 11 is 0. The molecule has 2 aliphatic heterocycles. The Bertz CT molecular complexity index is 717. The number of Topliss-reactive ketones (excluding diaryl/α,β-unsaturated/α-hetero) is 1. The van der Waals surface area contributed by atoms with Crippen LogP contribution in [0.5, 0.6) is 0 Å². The van der Waals surface area contributed by atoms with Gasteiger partial charge in [-0.3, -0.25) is 14.4 Å². The number of carbonyl (C=O) groups is 3. The van der Waals surface area contributed by atoms with Crippen LogP contribution in [0, 0.1) is 0 Å². The van der Waals surface area contributed by atoms with E-state index in [2.05, 4.69) is 10.6 Å². The molecule has 2 aliphatic rings. The summed E-state index contributed by atoms with van der Waals surface area (Å²) in [4.78, 5) is 38.1. The van der Waals surface area contributed by atoms with Crippen molar-refractivity contribution in [2.75, 3.05) is 39.4 Å². The topological polar surface area (TPSA) is 87.7 Å². The Labute approximate surface area is 165 Å². The number of amides is 2. The second-order valence-electron chi connectivity index (χ2n) is 7.49. The molecular weight excluding hydrogens is 358 g/mol. The van der Waals surface area contributed by atoms with E-state index in [4.69, 9.17) is 4.74 Å². The summed E-state index contributed by atoms with van der Waals surface area (Å²) in [6.45, 7) is 4.97. The monoisotopic (exact) mass is 387 g/mol. The number of ether oxygens (including phenoxy) is 1. The number of ketones is 1. The predicted octanol–water partition coefficient (Wildman–Crippen LogP) is 1.09. The highest BCUT2D eigenvalue weighted by Crippen LogP contribution is 2.27. The fourth-order valence-corrected chi connectivity index (χ4v) is 3.51. The molecule has 1 atom stereocenters. The van der Waals surface area contributed by atoms with Gasteiger partial charge < -0.3 is 20.3 Å². The minimum absolute atomic E-state index is 0.00742. The molecule has 2 fully saturated rings. The standard InChI is InChI=1S/C21H29N3O4/c1-2-19(25)10-23-21(27)16-6-3-5-15(9-16)17-7-4-8-24(12-17)20(26)11-22-18-13-28-14-18/h3,5-6,9,17-18,22H,2,4,7-8,10-14H2,1H3,(H,23,27). The summed E-state index contributed by atoms with van der Waals surface area (Å²) in [5, 5.41) is 5.90. The van der Waals surface area contributed by atoms with Crippen molar-refractivity contribution in [3.05, 3.63) is 35.4 Å². The fourth-order valence-electron chi connectivity index (χ4n) is 3.51. The zero-order valence-corrected chi connectivity index (χ0v) is 16.4. The molecule has 1 aromatic rings. The van der Waals surface area contributed by atoms with Gasteiger partial charge in [0.15, 0.2) is 5.78 Å². The van der Waals surface area contributed by atoms with Gasteiger partial charge in [-0.2, -0.15) is 0 Å². The molecular formula is C21H29N3O4. The molecule has 2 saturated heterocycles. The molecule has 2 N–H and O–H groups in total. The minimum atomic E-state index is -0.237. The Kier molecular flexibility index (Phi) is 7.17. The lowest BCUT2D eigenvalue weighted by molar-refractivity contribution is -0.132. The van der Waals surface area contributed by atoms with Gasteiger partial charge in [0.1, 0.15) is 0 Å². The van der Waals surface area contributed by atoms with Gasteiger partial charge in [-0.25, -0.2) is 0 Å². The van der Waals surface area contributed by atoms with E-state index in [1.165, 1.54) is 0 Å². The zero-order chi connectivity index (χ0) is 19.9. The first-order chi connectivity index (χ1) is 13.6. The van der Waals surface area contributed by atoms with E-state index in [0.717, 1.165) is 24.9 Å². The quantitative estimate of drug-likeness (QED) is 0.697. The van der Waals surface area contributed by atoms with Gasteiger partial charge in [-0.1, -0.05) is 19.1 Å². The molecule has 0 aromatic heterocycles. The van der Waals surface area contributed by atoms with Crippen LogP contribution in [0.15, 0.2) is 24.3 Å². The second-order valence-corrected chi connectivity index (χ2v) is 7.49. The van der Waals surface area contributed by atoms with Crippen LogP contribution >= 0.6 is 0 Å². The van der Waals surface area contributed by atoms with E-state index in [1.807, 2.05) is 23.1 Å². The van der Waals surface area contributed by atoms with Crippen molar-refractivity contribution in [1.82, 2.24) is 15.5 Å². The Morgan fingerprint density at radius 2 is 2.04 bits per heavy atom. The molecule has 2 heterocycles. The van der Waals surface area contributed by atoms with Crippen molar-refractivity contribution < 1.29 is 19.1 Å². The third-order valence-corrected chi connectivity index (χ3v) is 5.41. The van der Waals surface area contributed by atoms with E-state index < -0.39 is 0 Å². The molecule has 1 aromatic carbocycles. The highest BCUT2D eigenvalue weighted by atomic mass is 16.5. The smallest absolute Gasteiger partial charge is 0.251 e. The Morgan fingerprint density at radius 3 is 2.75 bits per heavy atom. The number of nitrogens with zero attached hydrogens (tertiary/aromatic N) is 1. The summed E-state index contributed by atoms with van der Waals surface area (Å²) in [7, 11) is 0. The first kappa shape index (κ1) is 20.5. The van der Waals surface area contributed by atoms with Gasteiger partial charge in [-0.15, -0.1) is 0 Å². The van der Waals surface area contributed by atoms with E-state index in [1.54, 1.807) is 13.0 Å².